The van der Waals surface area contributed by atoms with Gasteiger partial charge in [0.15, 0.2) is 0 Å². The molecular weight excluding hydrogens is 413 g/mol. The first kappa shape index (κ1) is 24.4. The highest BCUT2D eigenvalue weighted by Gasteiger charge is 2.30. The van der Waals surface area contributed by atoms with Crippen LogP contribution in [-0.2, 0) is 10.9 Å². The summed E-state index contributed by atoms with van der Waals surface area (Å²) in [7, 11) is 0. The van der Waals surface area contributed by atoms with Gasteiger partial charge in [-0.25, -0.2) is 0 Å². The van der Waals surface area contributed by atoms with Gasteiger partial charge >= 0.3 is 6.18 Å². The van der Waals surface area contributed by atoms with Crippen LogP contribution in [0.25, 0.3) is 0 Å². The first-order valence-electron chi connectivity index (χ1n) is 10.1. The second-order valence-corrected chi connectivity index (χ2v) is 8.04. The van der Waals surface area contributed by atoms with Crippen molar-refractivity contribution in [3.05, 3.63) is 53.6 Å². The average Bonchev–Trinajstić information content (AvgIpc) is 2.72. The van der Waals surface area contributed by atoms with Crippen LogP contribution in [0.1, 0.15) is 31.4 Å². The lowest BCUT2D eigenvalue weighted by molar-refractivity contribution is -0.137. The molecule has 0 heterocycles. The molecule has 0 aliphatic carbocycles. The SMILES string of the molecule is CCCOc1ccc(SCC(COCC)COc2ccc(C(F)(F)F)cc2)cc1C. The maximum absolute atomic E-state index is 12.7. The van der Waals surface area contributed by atoms with Crippen molar-refractivity contribution in [3.63, 3.8) is 0 Å². The van der Waals surface area contributed by atoms with Crippen molar-refractivity contribution in [1.29, 1.82) is 0 Å². The molecule has 0 fully saturated rings. The van der Waals surface area contributed by atoms with Gasteiger partial charge in [-0.1, -0.05) is 6.92 Å². The highest BCUT2D eigenvalue weighted by atomic mass is 32.2. The Kier molecular flexibility index (Phi) is 9.85. The van der Waals surface area contributed by atoms with Crippen LogP contribution >= 0.6 is 11.8 Å². The Labute approximate surface area is 180 Å². The third-order valence-electron chi connectivity index (χ3n) is 4.32. The van der Waals surface area contributed by atoms with Crippen LogP contribution in [0.3, 0.4) is 0 Å². The Morgan fingerprint density at radius 3 is 2.30 bits per heavy atom. The van der Waals surface area contributed by atoms with Crippen LogP contribution in [0.4, 0.5) is 13.2 Å². The smallest absolute Gasteiger partial charge is 0.416 e. The number of aryl methyl sites for hydroxylation is 1. The fraction of sp³-hybridized carbons (Fsp3) is 0.478. The zero-order valence-electron chi connectivity index (χ0n) is 17.6. The summed E-state index contributed by atoms with van der Waals surface area (Å²) in [6.07, 6.45) is -3.38. The summed E-state index contributed by atoms with van der Waals surface area (Å²) >= 11 is 1.70. The molecule has 0 N–H and O–H groups in total. The summed E-state index contributed by atoms with van der Waals surface area (Å²) in [5, 5.41) is 0. The van der Waals surface area contributed by atoms with Gasteiger partial charge in [-0.05, 0) is 68.3 Å². The lowest BCUT2D eigenvalue weighted by Gasteiger charge is -2.18. The molecule has 0 amide bonds. The molecule has 2 rings (SSSR count). The van der Waals surface area contributed by atoms with Gasteiger partial charge in [-0.3, -0.25) is 0 Å². The molecular formula is C23H29F3O3S. The topological polar surface area (TPSA) is 27.7 Å². The van der Waals surface area contributed by atoms with Gasteiger partial charge in [0.2, 0.25) is 0 Å². The number of hydrogen-bond acceptors (Lipinski definition) is 4. The molecule has 0 aliphatic rings. The summed E-state index contributed by atoms with van der Waals surface area (Å²) < 4.78 is 55.0. The number of thioether (sulfide) groups is 1. The van der Waals surface area contributed by atoms with Gasteiger partial charge in [0.05, 0.1) is 25.4 Å². The maximum Gasteiger partial charge on any atom is 0.416 e. The van der Waals surface area contributed by atoms with Crippen molar-refractivity contribution in [3.8, 4) is 11.5 Å². The molecule has 0 aliphatic heterocycles. The first-order chi connectivity index (χ1) is 14.3. The summed E-state index contributed by atoms with van der Waals surface area (Å²) in [6.45, 7) is 8.23. The van der Waals surface area contributed by atoms with Crippen LogP contribution in [0.2, 0.25) is 0 Å². The molecule has 0 saturated heterocycles. The lowest BCUT2D eigenvalue weighted by atomic mass is 10.2. The highest BCUT2D eigenvalue weighted by Crippen LogP contribution is 2.31. The molecule has 3 nitrogen and oxygen atoms in total. The molecule has 7 heteroatoms. The van der Waals surface area contributed by atoms with E-state index in [9.17, 15) is 13.2 Å². The van der Waals surface area contributed by atoms with Gasteiger partial charge in [0, 0.05) is 23.2 Å². The normalized spacial score (nSPS) is 12.6. The minimum absolute atomic E-state index is 0.105. The van der Waals surface area contributed by atoms with E-state index in [4.69, 9.17) is 14.2 Å². The molecule has 166 valence electrons. The summed E-state index contributed by atoms with van der Waals surface area (Å²) in [5.74, 6) is 2.20. The predicted molar refractivity (Wildman–Crippen MR) is 115 cm³/mol. The van der Waals surface area contributed by atoms with Crippen molar-refractivity contribution < 1.29 is 27.4 Å². The van der Waals surface area contributed by atoms with Crippen molar-refractivity contribution in [2.75, 3.05) is 32.2 Å². The monoisotopic (exact) mass is 442 g/mol. The number of ether oxygens (including phenoxy) is 3. The Morgan fingerprint density at radius 1 is 0.967 bits per heavy atom. The maximum atomic E-state index is 12.7. The first-order valence-corrected chi connectivity index (χ1v) is 11.1. The van der Waals surface area contributed by atoms with Crippen LogP contribution < -0.4 is 9.47 Å². The number of halogens is 3. The molecule has 1 unspecified atom stereocenters. The minimum atomic E-state index is -4.35. The molecule has 0 saturated carbocycles. The molecule has 0 spiro atoms. The number of rotatable bonds is 12. The van der Waals surface area contributed by atoms with E-state index in [0.29, 0.717) is 32.2 Å². The summed E-state index contributed by atoms with van der Waals surface area (Å²) in [4.78, 5) is 1.13. The molecule has 2 aromatic rings. The van der Waals surface area contributed by atoms with Crippen LogP contribution in [0, 0.1) is 12.8 Å². The van der Waals surface area contributed by atoms with Crippen LogP contribution in [-0.4, -0.2) is 32.2 Å². The van der Waals surface area contributed by atoms with Gasteiger partial charge in [-0.2, -0.15) is 13.2 Å². The second kappa shape index (κ2) is 12.1. The van der Waals surface area contributed by atoms with Gasteiger partial charge < -0.3 is 14.2 Å². The molecule has 1 atom stereocenters. The van der Waals surface area contributed by atoms with E-state index in [0.717, 1.165) is 40.5 Å². The van der Waals surface area contributed by atoms with E-state index in [-0.39, 0.29) is 5.92 Å². The zero-order chi connectivity index (χ0) is 22.0. The third-order valence-corrected chi connectivity index (χ3v) is 5.54. The van der Waals surface area contributed by atoms with Crippen molar-refractivity contribution in [2.45, 2.75) is 38.3 Å². The standard InChI is InChI=1S/C23H29F3O3S/c1-4-12-28-22-11-10-21(13-17(22)3)30-16-18(14-27-5-2)15-29-20-8-6-19(7-9-20)23(24,25)26/h6-11,13,18H,4-5,12,14-16H2,1-3H3. The average molecular weight is 443 g/mol. The fourth-order valence-corrected chi connectivity index (χ4v) is 3.73. The largest absolute Gasteiger partial charge is 0.493 e. The summed E-state index contributed by atoms with van der Waals surface area (Å²) in [5.41, 5.74) is 0.411. The second-order valence-electron chi connectivity index (χ2n) is 6.95. The Morgan fingerprint density at radius 2 is 1.70 bits per heavy atom. The zero-order valence-corrected chi connectivity index (χ0v) is 18.4. The van der Waals surface area contributed by atoms with Gasteiger partial charge in [0.1, 0.15) is 11.5 Å². The minimum Gasteiger partial charge on any atom is -0.493 e. The Bertz CT molecular complexity index is 763. The van der Waals surface area contributed by atoms with E-state index in [1.807, 2.05) is 26.0 Å². The van der Waals surface area contributed by atoms with Gasteiger partial charge in [-0.15, -0.1) is 11.8 Å². The molecule has 0 aromatic heterocycles. The quantitative estimate of drug-likeness (QED) is 0.345. The van der Waals surface area contributed by atoms with E-state index in [1.54, 1.807) is 11.8 Å². The van der Waals surface area contributed by atoms with Crippen LogP contribution in [0.15, 0.2) is 47.4 Å². The van der Waals surface area contributed by atoms with E-state index in [2.05, 4.69) is 13.0 Å². The van der Waals surface area contributed by atoms with E-state index < -0.39 is 11.7 Å². The van der Waals surface area contributed by atoms with Crippen LogP contribution in [0.5, 0.6) is 11.5 Å². The van der Waals surface area contributed by atoms with Crippen molar-refractivity contribution >= 4 is 11.8 Å². The fourth-order valence-electron chi connectivity index (χ4n) is 2.68. The highest BCUT2D eigenvalue weighted by molar-refractivity contribution is 7.99. The van der Waals surface area contributed by atoms with Crippen molar-refractivity contribution in [1.82, 2.24) is 0 Å². The Balaban J connectivity index is 1.91. The van der Waals surface area contributed by atoms with E-state index >= 15 is 0 Å². The summed E-state index contributed by atoms with van der Waals surface area (Å²) in [6, 6.07) is 10.9. The molecule has 2 aromatic carbocycles. The number of hydrogen-bond donors (Lipinski definition) is 0. The van der Waals surface area contributed by atoms with E-state index in [1.165, 1.54) is 12.1 Å². The molecule has 0 radical (unpaired) electrons. The predicted octanol–water partition coefficient (Wildman–Crippen LogP) is 6.63. The van der Waals surface area contributed by atoms with Crippen molar-refractivity contribution in [2.24, 2.45) is 5.92 Å². The number of benzene rings is 2. The Hall–Kier alpha value is -1.86. The van der Waals surface area contributed by atoms with Gasteiger partial charge in [0.25, 0.3) is 0 Å². The lowest BCUT2D eigenvalue weighted by Crippen LogP contribution is -2.20. The molecule has 0 bridgehead atoms. The molecule has 30 heavy (non-hydrogen) atoms. The third kappa shape index (κ3) is 8.11. The number of alkyl halides is 3.